The molecule has 0 bridgehead atoms. The fourth-order valence-electron chi connectivity index (χ4n) is 4.11. The van der Waals surface area contributed by atoms with Crippen LogP contribution in [0.2, 0.25) is 0 Å². The van der Waals surface area contributed by atoms with Crippen LogP contribution in [-0.2, 0) is 13.1 Å². The number of hydrogen-bond donors (Lipinski definition) is 1. The van der Waals surface area contributed by atoms with Crippen molar-refractivity contribution in [2.24, 2.45) is 0 Å². The summed E-state index contributed by atoms with van der Waals surface area (Å²) < 4.78 is 3.40. The van der Waals surface area contributed by atoms with E-state index in [4.69, 9.17) is 0 Å². The Labute approximate surface area is 161 Å². The maximum Gasteiger partial charge on any atom is 0.202 e. The Morgan fingerprint density at radius 3 is 2.44 bits per heavy atom. The number of aromatic nitrogens is 2. The van der Waals surface area contributed by atoms with Gasteiger partial charge < -0.3 is 9.47 Å². The topological polar surface area (TPSA) is 19.7 Å². The average Bonchev–Trinajstić information content (AvgIpc) is 3.03. The number of aryl methyl sites for hydroxylation is 2. The minimum Gasteiger partial charge on any atom is -0.349 e. The van der Waals surface area contributed by atoms with Gasteiger partial charge in [0, 0.05) is 34.8 Å². The first-order chi connectivity index (χ1) is 13.0. The molecule has 0 aliphatic heterocycles. The van der Waals surface area contributed by atoms with Crippen LogP contribution in [0.15, 0.2) is 66.9 Å². The lowest BCUT2D eigenvalue weighted by Crippen LogP contribution is -2.43. The van der Waals surface area contributed by atoms with Gasteiger partial charge in [-0.05, 0) is 6.07 Å². The summed E-state index contributed by atoms with van der Waals surface area (Å²) in [5.74, 6) is 0. The van der Waals surface area contributed by atoms with E-state index in [2.05, 4.69) is 97.4 Å². The summed E-state index contributed by atoms with van der Waals surface area (Å²) in [6.45, 7) is 5.51. The van der Waals surface area contributed by atoms with Crippen LogP contribution in [0.3, 0.4) is 0 Å². The summed E-state index contributed by atoms with van der Waals surface area (Å²) in [7, 11) is 4.65. The van der Waals surface area contributed by atoms with E-state index in [1.54, 1.807) is 0 Å². The number of fused-ring (bicyclic) bond motifs is 3. The van der Waals surface area contributed by atoms with Crippen molar-refractivity contribution in [2.75, 3.05) is 20.6 Å². The van der Waals surface area contributed by atoms with Crippen LogP contribution in [0.1, 0.15) is 17.7 Å². The molecule has 2 heterocycles. The Morgan fingerprint density at radius 1 is 0.889 bits per heavy atom. The van der Waals surface area contributed by atoms with Gasteiger partial charge >= 0.3 is 0 Å². The number of quaternary nitrogens is 1. The maximum absolute atomic E-state index is 3.60. The minimum atomic E-state index is 1.01. The van der Waals surface area contributed by atoms with E-state index in [0.717, 1.165) is 30.5 Å². The highest BCUT2D eigenvalue weighted by Crippen LogP contribution is 2.25. The summed E-state index contributed by atoms with van der Waals surface area (Å²) in [6.07, 6.45) is 3.41. The van der Waals surface area contributed by atoms with E-state index in [0.29, 0.717) is 0 Å². The Bertz CT molecular complexity index is 1060. The number of hydrogen-bond acceptors (Lipinski definition) is 0. The Kier molecular flexibility index (Phi) is 4.71. The monoisotopic (exact) mass is 359 g/mol. The van der Waals surface area contributed by atoms with Gasteiger partial charge in [0.05, 0.1) is 27.1 Å². The van der Waals surface area contributed by atoms with Crippen LogP contribution in [0.5, 0.6) is 0 Å². The summed E-state index contributed by atoms with van der Waals surface area (Å²) in [5.41, 5.74) is 5.20. The number of pyridine rings is 1. The van der Waals surface area contributed by atoms with Gasteiger partial charge in [-0.2, -0.15) is 0 Å². The van der Waals surface area contributed by atoms with Gasteiger partial charge in [-0.1, -0.05) is 48.5 Å². The predicted molar refractivity (Wildman–Crippen MR) is 112 cm³/mol. The van der Waals surface area contributed by atoms with Crippen LogP contribution in [0, 0.1) is 6.92 Å². The van der Waals surface area contributed by atoms with Crippen LogP contribution < -0.4 is 4.57 Å². The zero-order valence-corrected chi connectivity index (χ0v) is 16.6. The van der Waals surface area contributed by atoms with E-state index in [1.165, 1.54) is 33.1 Å². The third kappa shape index (κ3) is 3.74. The first kappa shape index (κ1) is 17.7. The molecule has 2 aromatic carbocycles. The molecule has 1 N–H and O–H groups in total. The molecule has 0 saturated heterocycles. The lowest BCUT2D eigenvalue weighted by atomic mass is 10.1. The first-order valence-corrected chi connectivity index (χ1v) is 9.79. The molecule has 0 aliphatic carbocycles. The lowest BCUT2D eigenvalue weighted by Gasteiger charge is -2.29. The molecule has 138 valence electrons. The summed E-state index contributed by atoms with van der Waals surface area (Å²) in [6, 6.07) is 21.6. The third-order valence-electron chi connectivity index (χ3n) is 5.58. The second-order valence-electron chi connectivity index (χ2n) is 8.21. The van der Waals surface area contributed by atoms with Crippen molar-refractivity contribution in [3.63, 3.8) is 0 Å². The predicted octanol–water partition coefficient (Wildman–Crippen LogP) is 4.58. The zero-order chi connectivity index (χ0) is 18.9. The molecule has 3 heteroatoms. The van der Waals surface area contributed by atoms with Gasteiger partial charge in [-0.25, -0.2) is 4.57 Å². The molecule has 0 aliphatic rings. The Hall–Kier alpha value is -2.65. The van der Waals surface area contributed by atoms with Crippen molar-refractivity contribution in [3.8, 4) is 0 Å². The van der Waals surface area contributed by atoms with Crippen LogP contribution in [0.4, 0.5) is 0 Å². The normalized spacial score (nSPS) is 12.1. The molecule has 0 fully saturated rings. The van der Waals surface area contributed by atoms with E-state index >= 15 is 0 Å². The van der Waals surface area contributed by atoms with Crippen molar-refractivity contribution in [3.05, 3.63) is 78.1 Å². The number of para-hydroxylation sites is 1. The molecule has 2 aromatic heterocycles. The first-order valence-electron chi connectivity index (χ1n) is 9.79. The highest BCUT2D eigenvalue weighted by molar-refractivity contribution is 6.07. The fraction of sp³-hybridized carbons (Fsp3) is 0.292. The van der Waals surface area contributed by atoms with Gasteiger partial charge in [0.15, 0.2) is 12.7 Å². The molecule has 4 aromatic rings. The molecule has 0 radical (unpaired) electrons. The highest BCUT2D eigenvalue weighted by Gasteiger charge is 2.19. The van der Waals surface area contributed by atoms with Gasteiger partial charge in [0.2, 0.25) is 5.69 Å². The Balaban J connectivity index is 1.47. The number of benzene rings is 2. The van der Waals surface area contributed by atoms with E-state index in [-0.39, 0.29) is 0 Å². The van der Waals surface area contributed by atoms with Crippen molar-refractivity contribution < 1.29 is 9.05 Å². The second-order valence-corrected chi connectivity index (χ2v) is 8.21. The second kappa shape index (κ2) is 7.16. The van der Waals surface area contributed by atoms with E-state index < -0.39 is 0 Å². The number of nitrogens with one attached hydrogen (secondary N) is 1. The number of nitrogens with zero attached hydrogens (tertiary/aromatic N) is 2. The van der Waals surface area contributed by atoms with Crippen LogP contribution in [0.25, 0.3) is 21.8 Å². The smallest absolute Gasteiger partial charge is 0.202 e. The standard InChI is InChI=1S/C24H28N3/c1-19-24-22(21-12-7-8-13-23(21)25-24)14-16-26(19)15-9-17-27(2,3)18-20-10-5-4-6-11-20/h4-8,10-14,16H,9,15,17-18H2,1-3H3/q+1/p+1. The molecule has 0 saturated carbocycles. The number of rotatable bonds is 6. The van der Waals surface area contributed by atoms with E-state index in [9.17, 15) is 0 Å². The highest BCUT2D eigenvalue weighted by atomic mass is 15.3. The SMILES string of the molecule is Cc1c2[nH]c3ccccc3c2cc[n+]1CCC[N+](C)(C)Cc1ccccc1. The summed E-state index contributed by atoms with van der Waals surface area (Å²) in [4.78, 5) is 3.60. The lowest BCUT2D eigenvalue weighted by molar-refractivity contribution is -0.906. The Morgan fingerprint density at radius 2 is 1.63 bits per heavy atom. The maximum atomic E-state index is 3.60. The molecule has 0 unspecified atom stereocenters. The van der Waals surface area contributed by atoms with Crippen molar-refractivity contribution in [1.29, 1.82) is 0 Å². The zero-order valence-electron chi connectivity index (χ0n) is 16.6. The fourth-order valence-corrected chi connectivity index (χ4v) is 4.11. The van der Waals surface area contributed by atoms with Gasteiger partial charge in [-0.15, -0.1) is 0 Å². The molecule has 3 nitrogen and oxygen atoms in total. The van der Waals surface area contributed by atoms with Gasteiger partial charge in [0.1, 0.15) is 12.1 Å². The molecule has 0 amide bonds. The van der Waals surface area contributed by atoms with Crippen LogP contribution >= 0.6 is 0 Å². The molecule has 27 heavy (non-hydrogen) atoms. The molecular formula is C24H29N3+2. The number of H-pyrrole nitrogens is 1. The molecule has 4 rings (SSSR count). The van der Waals surface area contributed by atoms with Gasteiger partial charge in [0.25, 0.3) is 0 Å². The third-order valence-corrected chi connectivity index (χ3v) is 5.58. The summed E-state index contributed by atoms with van der Waals surface area (Å²) in [5, 5.41) is 2.63. The largest absolute Gasteiger partial charge is 0.349 e. The van der Waals surface area contributed by atoms with Crippen molar-refractivity contribution in [2.45, 2.75) is 26.4 Å². The number of aromatic amines is 1. The average molecular weight is 360 g/mol. The summed E-state index contributed by atoms with van der Waals surface area (Å²) >= 11 is 0. The quantitative estimate of drug-likeness (QED) is 0.384. The van der Waals surface area contributed by atoms with Crippen molar-refractivity contribution >= 4 is 21.8 Å². The van der Waals surface area contributed by atoms with Crippen molar-refractivity contribution in [1.82, 2.24) is 4.98 Å². The van der Waals surface area contributed by atoms with Crippen LogP contribution in [-0.4, -0.2) is 30.1 Å². The minimum absolute atomic E-state index is 1.01. The molecule has 0 spiro atoms. The molecule has 0 atom stereocenters. The molecular weight excluding hydrogens is 330 g/mol. The van der Waals surface area contributed by atoms with E-state index in [1.807, 2.05) is 0 Å². The van der Waals surface area contributed by atoms with Gasteiger partial charge in [-0.3, -0.25) is 0 Å².